The van der Waals surface area contributed by atoms with Crippen LogP contribution in [0.15, 0.2) is 0 Å². The Kier molecular flexibility index (Phi) is 4.64. The summed E-state index contributed by atoms with van der Waals surface area (Å²) in [6.45, 7) is 7.93. The second kappa shape index (κ2) is 5.34. The minimum absolute atomic E-state index is 0.467. The van der Waals surface area contributed by atoms with Crippen molar-refractivity contribution in [2.45, 2.75) is 72.1 Å². The molecule has 1 saturated carbocycles. The molecule has 0 radical (unpaired) electrons. The zero-order chi connectivity index (χ0) is 11.4. The van der Waals surface area contributed by atoms with Crippen molar-refractivity contribution in [3.05, 3.63) is 0 Å². The highest BCUT2D eigenvalue weighted by molar-refractivity contribution is 4.84. The lowest BCUT2D eigenvalue weighted by Gasteiger charge is -2.34. The molecule has 0 amide bonds. The van der Waals surface area contributed by atoms with E-state index in [1.807, 2.05) is 0 Å². The van der Waals surface area contributed by atoms with Gasteiger partial charge in [0.25, 0.3) is 0 Å². The van der Waals surface area contributed by atoms with Gasteiger partial charge < -0.3 is 5.73 Å². The fourth-order valence-corrected chi connectivity index (χ4v) is 2.67. The second-order valence-electron chi connectivity index (χ2n) is 6.68. The summed E-state index contributed by atoms with van der Waals surface area (Å²) in [6, 6.07) is 0. The van der Waals surface area contributed by atoms with Gasteiger partial charge in [0, 0.05) is 0 Å². The lowest BCUT2D eigenvalue weighted by Crippen LogP contribution is -2.31. The van der Waals surface area contributed by atoms with Crippen molar-refractivity contribution in [3.63, 3.8) is 0 Å². The van der Waals surface area contributed by atoms with Gasteiger partial charge in [-0.1, -0.05) is 46.5 Å². The fourth-order valence-electron chi connectivity index (χ4n) is 2.67. The Balaban J connectivity index is 2.50. The van der Waals surface area contributed by atoms with Crippen molar-refractivity contribution in [2.24, 2.45) is 16.6 Å². The monoisotopic (exact) mass is 211 g/mol. The summed E-state index contributed by atoms with van der Waals surface area (Å²) in [5, 5.41) is 0. The molecule has 0 aliphatic heterocycles. The third-order valence-corrected chi connectivity index (χ3v) is 4.00. The molecule has 1 rings (SSSR count). The predicted molar refractivity (Wildman–Crippen MR) is 67.9 cm³/mol. The Morgan fingerprint density at radius 2 is 1.53 bits per heavy atom. The molecule has 90 valence electrons. The van der Waals surface area contributed by atoms with Gasteiger partial charge in [0.15, 0.2) is 0 Å². The topological polar surface area (TPSA) is 26.0 Å². The van der Waals surface area contributed by atoms with E-state index < -0.39 is 0 Å². The highest BCUT2D eigenvalue weighted by Gasteiger charge is 2.30. The zero-order valence-electron chi connectivity index (χ0n) is 10.9. The van der Waals surface area contributed by atoms with Gasteiger partial charge in [0.2, 0.25) is 0 Å². The van der Waals surface area contributed by atoms with E-state index in [1.54, 1.807) is 0 Å². The molecule has 0 aromatic carbocycles. The number of rotatable bonds is 3. The van der Waals surface area contributed by atoms with Gasteiger partial charge in [-0.3, -0.25) is 0 Å². The van der Waals surface area contributed by atoms with Crippen LogP contribution in [0, 0.1) is 10.8 Å². The molecule has 1 aliphatic rings. The van der Waals surface area contributed by atoms with Gasteiger partial charge in [0.05, 0.1) is 0 Å². The minimum atomic E-state index is 0.467. The van der Waals surface area contributed by atoms with E-state index in [9.17, 15) is 0 Å². The molecule has 15 heavy (non-hydrogen) atoms. The highest BCUT2D eigenvalue weighted by atomic mass is 14.6. The first-order chi connectivity index (χ1) is 6.97. The minimum Gasteiger partial charge on any atom is -0.330 e. The van der Waals surface area contributed by atoms with Gasteiger partial charge in [-0.05, 0) is 43.1 Å². The molecule has 0 heterocycles. The van der Waals surface area contributed by atoms with Crippen LogP contribution in [0.2, 0.25) is 0 Å². The lowest BCUT2D eigenvalue weighted by molar-refractivity contribution is 0.192. The normalized spacial score (nSPS) is 22.4. The molecule has 2 N–H and O–H groups in total. The maximum Gasteiger partial charge on any atom is -0.00205 e. The molecule has 1 aliphatic carbocycles. The Bertz CT molecular complexity index is 170. The van der Waals surface area contributed by atoms with Gasteiger partial charge in [-0.2, -0.15) is 0 Å². The average Bonchev–Trinajstić information content (AvgIpc) is 2.40. The van der Waals surface area contributed by atoms with Crippen LogP contribution in [-0.4, -0.2) is 6.54 Å². The second-order valence-corrected chi connectivity index (χ2v) is 6.68. The summed E-state index contributed by atoms with van der Waals surface area (Å²) in [5.41, 5.74) is 6.99. The van der Waals surface area contributed by atoms with E-state index >= 15 is 0 Å². The maximum absolute atomic E-state index is 6.04. The summed E-state index contributed by atoms with van der Waals surface area (Å²) in [5.74, 6) is 0. The number of nitrogens with two attached hydrogens (primary N) is 1. The molecule has 0 spiro atoms. The Labute approximate surface area is 95.8 Å². The molecule has 0 atom stereocenters. The molecule has 1 nitrogen and oxygen atoms in total. The average molecular weight is 211 g/mol. The molecule has 1 fully saturated rings. The summed E-state index contributed by atoms with van der Waals surface area (Å²) >= 11 is 0. The van der Waals surface area contributed by atoms with E-state index in [0.29, 0.717) is 10.8 Å². The Morgan fingerprint density at radius 3 is 1.93 bits per heavy atom. The smallest absolute Gasteiger partial charge is 0.00205 e. The van der Waals surface area contributed by atoms with Gasteiger partial charge in [0.1, 0.15) is 0 Å². The van der Waals surface area contributed by atoms with Crippen LogP contribution in [0.5, 0.6) is 0 Å². The summed E-state index contributed by atoms with van der Waals surface area (Å²) in [7, 11) is 0. The van der Waals surface area contributed by atoms with Crippen LogP contribution in [0.4, 0.5) is 0 Å². The van der Waals surface area contributed by atoms with Crippen LogP contribution in [0.1, 0.15) is 72.1 Å². The Morgan fingerprint density at radius 1 is 1.00 bits per heavy atom. The maximum atomic E-state index is 6.04. The quantitative estimate of drug-likeness (QED) is 0.698. The lowest BCUT2D eigenvalue weighted by atomic mass is 9.73. The standard InChI is InChI=1S/C14H29N/c1-13(2,3)10-11-14(12-15)8-6-4-5-7-9-14/h4-12,15H2,1-3H3. The number of hydrogen-bond donors (Lipinski definition) is 1. The first kappa shape index (κ1) is 13.0. The highest BCUT2D eigenvalue weighted by Crippen LogP contribution is 2.40. The third kappa shape index (κ3) is 4.55. The van der Waals surface area contributed by atoms with Gasteiger partial charge in [-0.25, -0.2) is 0 Å². The van der Waals surface area contributed by atoms with Crippen molar-refractivity contribution in [1.29, 1.82) is 0 Å². The van der Waals surface area contributed by atoms with Crippen LogP contribution in [0.3, 0.4) is 0 Å². The Hall–Kier alpha value is -0.0400. The van der Waals surface area contributed by atoms with Crippen molar-refractivity contribution in [3.8, 4) is 0 Å². The molecular formula is C14H29N. The van der Waals surface area contributed by atoms with E-state index in [-0.39, 0.29) is 0 Å². The summed E-state index contributed by atoms with van der Waals surface area (Å²) in [4.78, 5) is 0. The summed E-state index contributed by atoms with van der Waals surface area (Å²) < 4.78 is 0. The fraction of sp³-hybridized carbons (Fsp3) is 1.00. The third-order valence-electron chi connectivity index (χ3n) is 4.00. The van der Waals surface area contributed by atoms with Crippen LogP contribution in [0.25, 0.3) is 0 Å². The van der Waals surface area contributed by atoms with Gasteiger partial charge >= 0.3 is 0 Å². The number of hydrogen-bond acceptors (Lipinski definition) is 1. The molecule has 0 aromatic heterocycles. The molecule has 0 unspecified atom stereocenters. The van der Waals surface area contributed by atoms with E-state index in [2.05, 4.69) is 20.8 Å². The van der Waals surface area contributed by atoms with Crippen molar-refractivity contribution in [2.75, 3.05) is 6.54 Å². The largest absolute Gasteiger partial charge is 0.330 e. The van der Waals surface area contributed by atoms with Crippen molar-refractivity contribution >= 4 is 0 Å². The molecule has 1 heteroatoms. The molecule has 0 bridgehead atoms. The summed E-state index contributed by atoms with van der Waals surface area (Å²) in [6.07, 6.45) is 11.1. The molecule has 0 saturated heterocycles. The van der Waals surface area contributed by atoms with Gasteiger partial charge in [-0.15, -0.1) is 0 Å². The van der Waals surface area contributed by atoms with E-state index in [0.717, 1.165) is 6.54 Å². The predicted octanol–water partition coefficient (Wildman–Crippen LogP) is 4.11. The molecular weight excluding hydrogens is 182 g/mol. The van der Waals surface area contributed by atoms with E-state index in [1.165, 1.54) is 51.4 Å². The SMILES string of the molecule is CC(C)(C)CCC1(CN)CCCCCC1. The van der Waals surface area contributed by atoms with Crippen LogP contribution in [-0.2, 0) is 0 Å². The van der Waals surface area contributed by atoms with Crippen molar-refractivity contribution < 1.29 is 0 Å². The van der Waals surface area contributed by atoms with Crippen LogP contribution < -0.4 is 5.73 Å². The zero-order valence-corrected chi connectivity index (χ0v) is 10.9. The van der Waals surface area contributed by atoms with Crippen LogP contribution >= 0.6 is 0 Å². The van der Waals surface area contributed by atoms with E-state index in [4.69, 9.17) is 5.73 Å². The first-order valence-electron chi connectivity index (χ1n) is 6.68. The first-order valence-corrected chi connectivity index (χ1v) is 6.68. The van der Waals surface area contributed by atoms with Crippen molar-refractivity contribution in [1.82, 2.24) is 0 Å². The molecule has 0 aromatic rings.